The van der Waals surface area contributed by atoms with Crippen molar-refractivity contribution < 1.29 is 18.3 Å². The molecule has 0 bridgehead atoms. The van der Waals surface area contributed by atoms with Crippen LogP contribution in [0.1, 0.15) is 35.3 Å². The largest absolute Gasteiger partial charge is 0.478 e. The molecule has 1 aliphatic heterocycles. The lowest BCUT2D eigenvalue weighted by Crippen LogP contribution is -2.32. The molecule has 0 saturated carbocycles. The Hall–Kier alpha value is -3.16. The zero-order valence-corrected chi connectivity index (χ0v) is 19.6. The SMILES string of the molecule is CC(C)N1CCc2ccc(S(=O)(=O)Nc3cc(-c4ccccc4)ccc3C(=O)O)cc2CC1. The Morgan fingerprint density at radius 3 is 2.27 bits per heavy atom. The molecule has 0 saturated heterocycles. The fourth-order valence-corrected chi connectivity index (χ4v) is 5.35. The molecule has 0 aromatic heterocycles. The lowest BCUT2D eigenvalue weighted by atomic mass is 10.0. The Morgan fingerprint density at radius 1 is 0.909 bits per heavy atom. The van der Waals surface area contributed by atoms with E-state index in [1.807, 2.05) is 36.4 Å². The van der Waals surface area contributed by atoms with Crippen LogP contribution in [0.15, 0.2) is 71.6 Å². The maximum absolute atomic E-state index is 13.3. The standard InChI is InChI=1S/C26H28N2O4S/c1-18(2)28-14-12-20-8-10-23(16-22(20)13-15-28)33(31,32)27-25-17-21(9-11-24(25)26(29)30)19-6-4-3-5-7-19/h3-11,16-18,27H,12-15H2,1-2H3,(H,29,30). The molecule has 6 nitrogen and oxygen atoms in total. The van der Waals surface area contributed by atoms with Gasteiger partial charge in [0, 0.05) is 19.1 Å². The molecule has 33 heavy (non-hydrogen) atoms. The van der Waals surface area contributed by atoms with Crippen LogP contribution in [0.4, 0.5) is 5.69 Å². The van der Waals surface area contributed by atoms with E-state index in [1.54, 1.807) is 24.3 Å². The third-order valence-electron chi connectivity index (χ3n) is 6.16. The number of hydrogen-bond acceptors (Lipinski definition) is 4. The zero-order chi connectivity index (χ0) is 23.6. The number of carboxylic acid groups (broad SMARTS) is 1. The van der Waals surface area contributed by atoms with Gasteiger partial charge >= 0.3 is 5.97 Å². The van der Waals surface area contributed by atoms with E-state index in [0.29, 0.717) is 6.04 Å². The number of nitrogens with zero attached hydrogens (tertiary/aromatic N) is 1. The number of hydrogen-bond donors (Lipinski definition) is 2. The maximum Gasteiger partial charge on any atom is 0.337 e. The van der Waals surface area contributed by atoms with E-state index in [9.17, 15) is 18.3 Å². The summed E-state index contributed by atoms with van der Waals surface area (Å²) in [5.41, 5.74) is 3.74. The Kier molecular flexibility index (Phi) is 6.54. The molecular formula is C26H28N2O4S. The molecule has 1 aliphatic rings. The lowest BCUT2D eigenvalue weighted by molar-refractivity contribution is 0.0698. The van der Waals surface area contributed by atoms with E-state index in [0.717, 1.165) is 48.2 Å². The van der Waals surface area contributed by atoms with Crippen molar-refractivity contribution in [3.8, 4) is 11.1 Å². The Balaban J connectivity index is 1.66. The minimum Gasteiger partial charge on any atom is -0.478 e. The number of fused-ring (bicyclic) bond motifs is 1. The van der Waals surface area contributed by atoms with Crippen molar-refractivity contribution in [3.63, 3.8) is 0 Å². The number of carbonyl (C=O) groups is 1. The first kappa shape index (κ1) is 23.0. The van der Waals surface area contributed by atoms with Gasteiger partial charge in [0.25, 0.3) is 10.0 Å². The molecule has 0 amide bonds. The van der Waals surface area contributed by atoms with Crippen molar-refractivity contribution in [1.29, 1.82) is 0 Å². The highest BCUT2D eigenvalue weighted by molar-refractivity contribution is 7.92. The maximum atomic E-state index is 13.3. The van der Waals surface area contributed by atoms with E-state index in [1.165, 1.54) is 6.07 Å². The van der Waals surface area contributed by atoms with Gasteiger partial charge in [0.05, 0.1) is 16.1 Å². The average molecular weight is 465 g/mol. The van der Waals surface area contributed by atoms with Gasteiger partial charge in [0.1, 0.15) is 0 Å². The van der Waals surface area contributed by atoms with Crippen LogP contribution in [0.2, 0.25) is 0 Å². The number of anilines is 1. The van der Waals surface area contributed by atoms with E-state index < -0.39 is 16.0 Å². The normalized spacial score (nSPS) is 14.5. The zero-order valence-electron chi connectivity index (χ0n) is 18.8. The van der Waals surface area contributed by atoms with Crippen LogP contribution in [0.5, 0.6) is 0 Å². The summed E-state index contributed by atoms with van der Waals surface area (Å²) < 4.78 is 29.0. The van der Waals surface area contributed by atoms with Gasteiger partial charge in [-0.25, -0.2) is 13.2 Å². The Morgan fingerprint density at radius 2 is 1.61 bits per heavy atom. The van der Waals surface area contributed by atoms with Gasteiger partial charge in [-0.15, -0.1) is 0 Å². The third kappa shape index (κ3) is 5.10. The second-order valence-electron chi connectivity index (χ2n) is 8.60. The molecule has 3 aromatic rings. The average Bonchev–Trinajstić information content (AvgIpc) is 3.01. The van der Waals surface area contributed by atoms with Crippen molar-refractivity contribution >= 4 is 21.7 Å². The molecule has 3 aromatic carbocycles. The fraction of sp³-hybridized carbons (Fsp3) is 0.269. The highest BCUT2D eigenvalue weighted by atomic mass is 32.2. The Bertz CT molecular complexity index is 1270. The predicted molar refractivity (Wildman–Crippen MR) is 130 cm³/mol. The molecule has 0 fully saturated rings. The minimum absolute atomic E-state index is 0.0461. The van der Waals surface area contributed by atoms with Gasteiger partial charge in [-0.05, 0) is 73.2 Å². The fourth-order valence-electron chi connectivity index (χ4n) is 4.23. The summed E-state index contributed by atoms with van der Waals surface area (Å²) in [7, 11) is -3.97. The summed E-state index contributed by atoms with van der Waals surface area (Å²) in [4.78, 5) is 14.3. The van der Waals surface area contributed by atoms with Gasteiger partial charge in [-0.1, -0.05) is 42.5 Å². The first-order valence-corrected chi connectivity index (χ1v) is 12.5. The summed E-state index contributed by atoms with van der Waals surface area (Å²) in [6.45, 7) is 6.16. The molecule has 7 heteroatoms. The molecule has 0 spiro atoms. The monoisotopic (exact) mass is 464 g/mol. The van der Waals surface area contributed by atoms with Crippen LogP contribution in [0.25, 0.3) is 11.1 Å². The molecule has 0 atom stereocenters. The first-order valence-electron chi connectivity index (χ1n) is 11.1. The predicted octanol–water partition coefficient (Wildman–Crippen LogP) is 4.66. The number of sulfonamides is 1. The van der Waals surface area contributed by atoms with Gasteiger partial charge in [-0.2, -0.15) is 0 Å². The van der Waals surface area contributed by atoms with Crippen LogP contribution in [0, 0.1) is 0 Å². The Labute approximate surface area is 194 Å². The summed E-state index contributed by atoms with van der Waals surface area (Å²) in [5, 5.41) is 9.61. The van der Waals surface area contributed by atoms with Crippen molar-refractivity contribution in [1.82, 2.24) is 4.90 Å². The molecule has 2 N–H and O–H groups in total. The number of rotatable bonds is 6. The summed E-state index contributed by atoms with van der Waals surface area (Å²) in [6, 6.07) is 19.7. The third-order valence-corrected chi connectivity index (χ3v) is 7.52. The van der Waals surface area contributed by atoms with Crippen LogP contribution >= 0.6 is 0 Å². The highest BCUT2D eigenvalue weighted by Gasteiger charge is 2.22. The van der Waals surface area contributed by atoms with Crippen molar-refractivity contribution in [2.45, 2.75) is 37.6 Å². The number of benzene rings is 3. The second kappa shape index (κ2) is 9.37. The number of carboxylic acids is 1. The number of aromatic carboxylic acids is 1. The van der Waals surface area contributed by atoms with Gasteiger partial charge in [0.15, 0.2) is 0 Å². The van der Waals surface area contributed by atoms with Crippen LogP contribution in [0.3, 0.4) is 0 Å². The molecule has 0 unspecified atom stereocenters. The molecule has 0 aliphatic carbocycles. The van der Waals surface area contributed by atoms with Gasteiger partial charge in [0.2, 0.25) is 0 Å². The van der Waals surface area contributed by atoms with Gasteiger partial charge < -0.3 is 10.0 Å². The van der Waals surface area contributed by atoms with Crippen molar-refractivity contribution in [3.05, 3.63) is 83.4 Å². The van der Waals surface area contributed by atoms with Crippen LogP contribution < -0.4 is 4.72 Å². The van der Waals surface area contributed by atoms with E-state index >= 15 is 0 Å². The minimum atomic E-state index is -3.97. The van der Waals surface area contributed by atoms with E-state index in [-0.39, 0.29) is 16.1 Å². The lowest BCUT2D eigenvalue weighted by Gasteiger charge is -2.23. The molecule has 0 radical (unpaired) electrons. The molecular weight excluding hydrogens is 436 g/mol. The summed E-state index contributed by atoms with van der Waals surface area (Å²) in [6.07, 6.45) is 1.66. The smallest absolute Gasteiger partial charge is 0.337 e. The van der Waals surface area contributed by atoms with Gasteiger partial charge in [-0.3, -0.25) is 4.72 Å². The molecule has 172 valence electrons. The second-order valence-corrected chi connectivity index (χ2v) is 10.3. The number of nitrogens with one attached hydrogen (secondary N) is 1. The van der Waals surface area contributed by atoms with Crippen LogP contribution in [-0.4, -0.2) is 43.5 Å². The van der Waals surface area contributed by atoms with Crippen molar-refractivity contribution in [2.75, 3.05) is 17.8 Å². The quantitative estimate of drug-likeness (QED) is 0.554. The van der Waals surface area contributed by atoms with Crippen LogP contribution in [-0.2, 0) is 22.9 Å². The van der Waals surface area contributed by atoms with E-state index in [4.69, 9.17) is 0 Å². The van der Waals surface area contributed by atoms with E-state index in [2.05, 4.69) is 23.5 Å². The molecule has 1 heterocycles. The first-order chi connectivity index (χ1) is 15.7. The summed E-state index contributed by atoms with van der Waals surface area (Å²) in [5.74, 6) is -1.19. The summed E-state index contributed by atoms with van der Waals surface area (Å²) >= 11 is 0. The highest BCUT2D eigenvalue weighted by Crippen LogP contribution is 2.29. The molecule has 4 rings (SSSR count). The van der Waals surface area contributed by atoms with Crippen molar-refractivity contribution in [2.24, 2.45) is 0 Å². The topological polar surface area (TPSA) is 86.7 Å².